The Morgan fingerprint density at radius 1 is 1.27 bits per heavy atom. The maximum Gasteiger partial charge on any atom is 0.220 e. The Kier molecular flexibility index (Phi) is 4.17. The van der Waals surface area contributed by atoms with Crippen molar-refractivity contribution in [1.82, 2.24) is 19.4 Å². The molecule has 5 N–H and O–H groups in total. The molecule has 1 amide bonds. The van der Waals surface area contributed by atoms with E-state index in [0.29, 0.717) is 17.1 Å². The fourth-order valence-electron chi connectivity index (χ4n) is 4.58. The highest BCUT2D eigenvalue weighted by molar-refractivity contribution is 5.93. The highest BCUT2D eigenvalue weighted by Crippen LogP contribution is 2.38. The number of fused-ring (bicyclic) bond motifs is 2. The minimum atomic E-state index is -0.220. The number of nitrogens with one attached hydrogen (secondary N) is 1. The number of nitrogen functional groups attached to an aromatic ring is 1. The van der Waals surface area contributed by atoms with E-state index in [-0.39, 0.29) is 17.7 Å². The number of amides is 1. The highest BCUT2D eigenvalue weighted by Gasteiger charge is 2.29. The molecule has 0 radical (unpaired) electrons. The van der Waals surface area contributed by atoms with E-state index in [2.05, 4.69) is 16.0 Å². The van der Waals surface area contributed by atoms with E-state index in [1.807, 2.05) is 28.8 Å². The number of primary amides is 1. The van der Waals surface area contributed by atoms with Gasteiger partial charge in [-0.3, -0.25) is 9.20 Å². The predicted molar refractivity (Wildman–Crippen MR) is 113 cm³/mol. The quantitative estimate of drug-likeness (QED) is 0.486. The van der Waals surface area contributed by atoms with Crippen molar-refractivity contribution in [3.8, 4) is 17.5 Å². The summed E-state index contributed by atoms with van der Waals surface area (Å²) >= 11 is 0. The van der Waals surface area contributed by atoms with Crippen LogP contribution in [0.4, 0.5) is 5.82 Å². The number of imidazole rings is 1. The smallest absolute Gasteiger partial charge is 0.220 e. The standard InChI is InChI=1S/C22H21N7O/c23-11-15-3-1-2-14-10-16(27-17(14)15)18-19-20(24)26-8-9-29(19)22(28-18)13-6-4-12(5-7-13)21(25)30/h1-3,8-10,12-13,27H,4-7H2,(H2,24,26)(H2,25,30)/t12-,13-. The number of H-pyrrole nitrogens is 1. The fourth-order valence-corrected chi connectivity index (χ4v) is 4.58. The summed E-state index contributed by atoms with van der Waals surface area (Å²) in [6.07, 6.45) is 6.77. The number of hydrogen-bond donors (Lipinski definition) is 3. The van der Waals surface area contributed by atoms with Crippen LogP contribution in [-0.2, 0) is 4.79 Å². The number of rotatable bonds is 3. The molecule has 8 nitrogen and oxygen atoms in total. The Bertz CT molecular complexity index is 1320. The second-order valence-corrected chi connectivity index (χ2v) is 7.87. The molecular formula is C22H21N7O. The maximum atomic E-state index is 11.5. The number of para-hydroxylation sites is 1. The molecule has 1 saturated carbocycles. The molecule has 1 aliphatic rings. The monoisotopic (exact) mass is 399 g/mol. The summed E-state index contributed by atoms with van der Waals surface area (Å²) < 4.78 is 2.00. The Balaban J connectivity index is 1.64. The molecule has 0 spiro atoms. The Labute approximate surface area is 172 Å². The minimum Gasteiger partial charge on any atom is -0.382 e. The number of anilines is 1. The van der Waals surface area contributed by atoms with E-state index >= 15 is 0 Å². The largest absolute Gasteiger partial charge is 0.382 e. The van der Waals surface area contributed by atoms with Gasteiger partial charge in [-0.15, -0.1) is 0 Å². The van der Waals surface area contributed by atoms with Gasteiger partial charge in [-0.1, -0.05) is 12.1 Å². The van der Waals surface area contributed by atoms with Crippen molar-refractivity contribution in [2.75, 3.05) is 5.73 Å². The average Bonchev–Trinajstić information content (AvgIpc) is 3.36. The van der Waals surface area contributed by atoms with Crippen molar-refractivity contribution in [1.29, 1.82) is 5.26 Å². The van der Waals surface area contributed by atoms with Crippen LogP contribution in [0.1, 0.15) is 43.0 Å². The van der Waals surface area contributed by atoms with Gasteiger partial charge < -0.3 is 16.5 Å². The number of carbonyl (C=O) groups excluding carboxylic acids is 1. The van der Waals surface area contributed by atoms with E-state index in [0.717, 1.165) is 53.6 Å². The summed E-state index contributed by atoms with van der Waals surface area (Å²) in [4.78, 5) is 24.1. The van der Waals surface area contributed by atoms with Crippen LogP contribution in [0, 0.1) is 17.2 Å². The van der Waals surface area contributed by atoms with Crippen LogP contribution >= 0.6 is 0 Å². The van der Waals surface area contributed by atoms with Gasteiger partial charge in [0.15, 0.2) is 0 Å². The zero-order valence-corrected chi connectivity index (χ0v) is 16.3. The first-order valence-corrected chi connectivity index (χ1v) is 10.0. The van der Waals surface area contributed by atoms with Gasteiger partial charge in [0.1, 0.15) is 28.9 Å². The van der Waals surface area contributed by atoms with Crippen LogP contribution in [0.25, 0.3) is 27.8 Å². The summed E-state index contributed by atoms with van der Waals surface area (Å²) in [5.74, 6) is 1.24. The van der Waals surface area contributed by atoms with Gasteiger partial charge in [0.25, 0.3) is 0 Å². The van der Waals surface area contributed by atoms with Crippen molar-refractivity contribution in [2.45, 2.75) is 31.6 Å². The summed E-state index contributed by atoms with van der Waals surface area (Å²) in [6.45, 7) is 0. The lowest BCUT2D eigenvalue weighted by Crippen LogP contribution is -2.27. The molecule has 0 aliphatic heterocycles. The van der Waals surface area contributed by atoms with Crippen LogP contribution in [-0.4, -0.2) is 25.3 Å². The van der Waals surface area contributed by atoms with Crippen molar-refractivity contribution in [2.24, 2.45) is 11.7 Å². The second-order valence-electron chi connectivity index (χ2n) is 7.87. The van der Waals surface area contributed by atoms with E-state index in [9.17, 15) is 10.1 Å². The van der Waals surface area contributed by atoms with Crippen LogP contribution in [0.15, 0.2) is 36.7 Å². The van der Waals surface area contributed by atoms with Crippen LogP contribution in [0.5, 0.6) is 0 Å². The zero-order chi connectivity index (χ0) is 20.8. The summed E-state index contributed by atoms with van der Waals surface area (Å²) in [7, 11) is 0. The number of nitriles is 1. The Morgan fingerprint density at radius 3 is 2.80 bits per heavy atom. The van der Waals surface area contributed by atoms with Gasteiger partial charge in [0.2, 0.25) is 5.91 Å². The molecule has 0 saturated heterocycles. The number of aromatic nitrogens is 4. The molecule has 5 rings (SSSR count). The second kappa shape index (κ2) is 6.88. The lowest BCUT2D eigenvalue weighted by molar-refractivity contribution is -0.122. The third-order valence-corrected chi connectivity index (χ3v) is 6.14. The van der Waals surface area contributed by atoms with E-state index in [4.69, 9.17) is 16.5 Å². The van der Waals surface area contributed by atoms with Gasteiger partial charge in [0.05, 0.1) is 16.8 Å². The molecule has 8 heteroatoms. The fraction of sp³-hybridized carbons (Fsp3) is 0.273. The van der Waals surface area contributed by atoms with Crippen molar-refractivity contribution < 1.29 is 4.79 Å². The Hall–Kier alpha value is -3.86. The van der Waals surface area contributed by atoms with Gasteiger partial charge in [0, 0.05) is 29.6 Å². The van der Waals surface area contributed by atoms with E-state index < -0.39 is 0 Å². The lowest BCUT2D eigenvalue weighted by Gasteiger charge is -2.25. The molecule has 3 heterocycles. The summed E-state index contributed by atoms with van der Waals surface area (Å²) in [6, 6.07) is 9.81. The minimum absolute atomic E-state index is 0.0585. The van der Waals surface area contributed by atoms with Crippen molar-refractivity contribution in [3.05, 3.63) is 48.0 Å². The number of nitrogens with two attached hydrogens (primary N) is 2. The van der Waals surface area contributed by atoms with E-state index in [1.54, 1.807) is 12.3 Å². The Morgan fingerprint density at radius 2 is 2.07 bits per heavy atom. The highest BCUT2D eigenvalue weighted by atomic mass is 16.1. The van der Waals surface area contributed by atoms with E-state index in [1.165, 1.54) is 0 Å². The number of nitrogens with zero attached hydrogens (tertiary/aromatic N) is 4. The summed E-state index contributed by atoms with van der Waals surface area (Å²) in [5.41, 5.74) is 15.4. The summed E-state index contributed by atoms with van der Waals surface area (Å²) in [5, 5.41) is 10.4. The topological polar surface area (TPSA) is 139 Å². The maximum absolute atomic E-state index is 11.5. The SMILES string of the molecule is N#Cc1cccc2cc(-c3nc([C@H]4CC[C@H](C(N)=O)CC4)n4ccnc(N)c34)[nH]c12. The normalized spacial score (nSPS) is 19.2. The molecule has 1 aliphatic carbocycles. The zero-order valence-electron chi connectivity index (χ0n) is 16.3. The molecule has 4 aromatic rings. The first-order chi connectivity index (χ1) is 14.6. The first kappa shape index (κ1) is 18.2. The first-order valence-electron chi connectivity index (χ1n) is 10.0. The predicted octanol–water partition coefficient (Wildman–Crippen LogP) is 3.09. The van der Waals surface area contributed by atoms with Crippen molar-refractivity contribution >= 4 is 28.1 Å². The molecule has 150 valence electrons. The van der Waals surface area contributed by atoms with Crippen LogP contribution < -0.4 is 11.5 Å². The van der Waals surface area contributed by atoms with Gasteiger partial charge in [-0.25, -0.2) is 9.97 Å². The average molecular weight is 399 g/mol. The van der Waals surface area contributed by atoms with Gasteiger partial charge in [-0.2, -0.15) is 5.26 Å². The van der Waals surface area contributed by atoms with Crippen LogP contribution in [0.3, 0.4) is 0 Å². The number of aromatic amines is 1. The number of hydrogen-bond acceptors (Lipinski definition) is 5. The molecule has 1 fully saturated rings. The molecule has 30 heavy (non-hydrogen) atoms. The molecule has 0 bridgehead atoms. The molecule has 0 atom stereocenters. The number of carbonyl (C=O) groups is 1. The lowest BCUT2D eigenvalue weighted by atomic mass is 9.81. The molecule has 0 unspecified atom stereocenters. The third kappa shape index (κ3) is 2.78. The molecule has 3 aromatic heterocycles. The third-order valence-electron chi connectivity index (χ3n) is 6.14. The van der Waals surface area contributed by atoms with Crippen LogP contribution in [0.2, 0.25) is 0 Å². The van der Waals surface area contributed by atoms with Gasteiger partial charge >= 0.3 is 0 Å². The van der Waals surface area contributed by atoms with Crippen molar-refractivity contribution in [3.63, 3.8) is 0 Å². The molecular weight excluding hydrogens is 378 g/mol. The number of benzene rings is 1. The van der Waals surface area contributed by atoms with Gasteiger partial charge in [-0.05, 0) is 37.8 Å². The molecule has 1 aromatic carbocycles.